The maximum absolute atomic E-state index is 12.5. The van der Waals surface area contributed by atoms with E-state index in [1.807, 2.05) is 0 Å². The van der Waals surface area contributed by atoms with Gasteiger partial charge in [0.1, 0.15) is 0 Å². The van der Waals surface area contributed by atoms with Gasteiger partial charge in [-0.05, 0) is 56.5 Å². The maximum atomic E-state index is 12.5. The lowest BCUT2D eigenvalue weighted by Gasteiger charge is -2.30. The van der Waals surface area contributed by atoms with Crippen LogP contribution in [0.5, 0.6) is 0 Å². The number of nitrogens with zero attached hydrogens (tertiary/aromatic N) is 1. The van der Waals surface area contributed by atoms with Crippen molar-refractivity contribution < 1.29 is 13.2 Å². The van der Waals surface area contributed by atoms with Crippen molar-refractivity contribution >= 4 is 33.4 Å². The minimum Gasteiger partial charge on any atom is -0.325 e. The van der Waals surface area contributed by atoms with Crippen LogP contribution >= 0.6 is 11.8 Å². The highest BCUT2D eigenvalue weighted by Crippen LogP contribution is 2.32. The van der Waals surface area contributed by atoms with E-state index in [2.05, 4.69) is 21.9 Å². The first-order valence-corrected chi connectivity index (χ1v) is 11.7. The Bertz CT molecular complexity index is 752. The summed E-state index contributed by atoms with van der Waals surface area (Å²) in [6, 6.07) is 4.94. The van der Waals surface area contributed by atoms with E-state index in [1.54, 1.807) is 30.0 Å². The Morgan fingerprint density at radius 1 is 1.38 bits per heavy atom. The fraction of sp³-hybridized carbons (Fsp3) is 0.611. The van der Waals surface area contributed by atoms with E-state index in [0.29, 0.717) is 24.4 Å². The zero-order valence-corrected chi connectivity index (χ0v) is 16.8. The van der Waals surface area contributed by atoms with Crippen molar-refractivity contribution in [3.63, 3.8) is 0 Å². The molecule has 1 unspecified atom stereocenters. The summed E-state index contributed by atoms with van der Waals surface area (Å²) in [4.78, 5) is 15.2. The number of piperidine rings is 1. The van der Waals surface area contributed by atoms with Crippen LogP contribution in [-0.4, -0.2) is 51.2 Å². The molecule has 2 heterocycles. The van der Waals surface area contributed by atoms with E-state index in [-0.39, 0.29) is 10.8 Å². The minimum atomic E-state index is -3.57. The van der Waals surface area contributed by atoms with Gasteiger partial charge in [-0.2, -0.15) is 0 Å². The molecule has 8 heteroatoms. The number of amides is 1. The molecular weight excluding hydrogens is 370 g/mol. The summed E-state index contributed by atoms with van der Waals surface area (Å²) in [5.74, 6) is 1.36. The fourth-order valence-corrected chi connectivity index (χ4v) is 5.49. The van der Waals surface area contributed by atoms with Gasteiger partial charge in [-0.1, -0.05) is 6.92 Å². The summed E-state index contributed by atoms with van der Waals surface area (Å²) in [5.41, 5.74) is 0.586. The molecule has 1 aromatic carbocycles. The quantitative estimate of drug-likeness (QED) is 0.721. The van der Waals surface area contributed by atoms with Crippen LogP contribution in [0.4, 0.5) is 5.69 Å². The molecule has 0 spiro atoms. The Morgan fingerprint density at radius 3 is 3.04 bits per heavy atom. The molecule has 1 fully saturated rings. The van der Waals surface area contributed by atoms with Crippen molar-refractivity contribution in [3.8, 4) is 0 Å². The summed E-state index contributed by atoms with van der Waals surface area (Å²) < 4.78 is 27.8. The number of hydrogen-bond donors (Lipinski definition) is 2. The number of rotatable bonds is 6. The van der Waals surface area contributed by atoms with Gasteiger partial charge in [0, 0.05) is 30.2 Å². The second-order valence-electron chi connectivity index (χ2n) is 7.10. The molecule has 1 amide bonds. The molecule has 2 aliphatic heterocycles. The first-order valence-electron chi connectivity index (χ1n) is 9.23. The van der Waals surface area contributed by atoms with Gasteiger partial charge in [-0.3, -0.25) is 4.79 Å². The lowest BCUT2D eigenvalue weighted by molar-refractivity contribution is -0.115. The Balaban J connectivity index is 1.55. The van der Waals surface area contributed by atoms with Crippen LogP contribution in [0.3, 0.4) is 0 Å². The average Bonchev–Trinajstić information content (AvgIpc) is 2.78. The van der Waals surface area contributed by atoms with Crippen LogP contribution in [0.1, 0.15) is 32.6 Å². The van der Waals surface area contributed by atoms with Gasteiger partial charge in [-0.25, -0.2) is 13.1 Å². The molecule has 0 bridgehead atoms. The zero-order chi connectivity index (χ0) is 18.6. The number of nitrogens with one attached hydrogen (secondary N) is 2. The maximum Gasteiger partial charge on any atom is 0.240 e. The summed E-state index contributed by atoms with van der Waals surface area (Å²) in [6.07, 6.45) is 3.75. The van der Waals surface area contributed by atoms with E-state index in [4.69, 9.17) is 0 Å². The van der Waals surface area contributed by atoms with Crippen molar-refractivity contribution in [2.24, 2.45) is 5.92 Å². The van der Waals surface area contributed by atoms with Crippen molar-refractivity contribution in [2.75, 3.05) is 37.2 Å². The highest BCUT2D eigenvalue weighted by Gasteiger charge is 2.20. The first-order chi connectivity index (χ1) is 12.4. The van der Waals surface area contributed by atoms with Gasteiger partial charge in [0.2, 0.25) is 15.9 Å². The molecule has 1 aromatic rings. The third-order valence-electron chi connectivity index (χ3n) is 4.81. The predicted octanol–water partition coefficient (Wildman–Crippen LogP) is 2.52. The summed E-state index contributed by atoms with van der Waals surface area (Å²) >= 11 is 1.57. The second-order valence-corrected chi connectivity index (χ2v) is 10.0. The van der Waals surface area contributed by atoms with E-state index in [9.17, 15) is 13.2 Å². The average molecular weight is 398 g/mol. The number of sulfonamides is 1. The normalized spacial score (nSPS) is 21.7. The van der Waals surface area contributed by atoms with E-state index in [0.717, 1.165) is 36.9 Å². The predicted molar refractivity (Wildman–Crippen MR) is 105 cm³/mol. The van der Waals surface area contributed by atoms with Crippen LogP contribution < -0.4 is 10.0 Å². The molecule has 1 saturated heterocycles. The van der Waals surface area contributed by atoms with Gasteiger partial charge >= 0.3 is 0 Å². The smallest absolute Gasteiger partial charge is 0.240 e. The van der Waals surface area contributed by atoms with Gasteiger partial charge in [0.05, 0.1) is 10.6 Å². The van der Waals surface area contributed by atoms with Crippen LogP contribution in [0, 0.1) is 5.92 Å². The molecule has 2 N–H and O–H groups in total. The summed E-state index contributed by atoms with van der Waals surface area (Å²) in [5, 5.41) is 2.79. The second kappa shape index (κ2) is 8.73. The third-order valence-corrected chi connectivity index (χ3v) is 7.34. The number of carbonyl (C=O) groups excluding carboxylic acids is 1. The summed E-state index contributed by atoms with van der Waals surface area (Å²) in [7, 11) is -3.57. The standard InChI is InChI=1S/C18H27N3O3S2/c1-14-4-2-9-21(13-14)10-3-8-19-26(23,24)15-5-6-17-16(12-15)20-18(22)7-11-25-17/h5-6,12,14,19H,2-4,7-11,13H2,1H3,(H,20,22). The van der Waals surface area contributed by atoms with Gasteiger partial charge in [0.15, 0.2) is 0 Å². The molecule has 0 saturated carbocycles. The molecule has 0 radical (unpaired) electrons. The Kier molecular flexibility index (Phi) is 6.60. The molecule has 3 rings (SSSR count). The van der Waals surface area contributed by atoms with Gasteiger partial charge < -0.3 is 10.2 Å². The number of likely N-dealkylation sites (tertiary alicyclic amines) is 1. The van der Waals surface area contributed by atoms with Crippen molar-refractivity contribution in [2.45, 2.75) is 42.4 Å². The van der Waals surface area contributed by atoms with Crippen molar-refractivity contribution in [1.82, 2.24) is 9.62 Å². The molecule has 2 aliphatic rings. The number of benzene rings is 1. The van der Waals surface area contributed by atoms with Gasteiger partial charge in [0.25, 0.3) is 0 Å². The third kappa shape index (κ3) is 5.22. The Morgan fingerprint density at radius 2 is 2.23 bits per heavy atom. The SMILES string of the molecule is CC1CCCN(CCCNS(=O)(=O)c2ccc3c(c2)NC(=O)CCS3)C1. The first kappa shape index (κ1) is 19.7. The van der Waals surface area contributed by atoms with Crippen LogP contribution in [0.15, 0.2) is 28.0 Å². The monoisotopic (exact) mass is 397 g/mol. The molecular formula is C18H27N3O3S2. The molecule has 0 aromatic heterocycles. The molecule has 0 aliphatic carbocycles. The number of anilines is 1. The van der Waals surface area contributed by atoms with Gasteiger partial charge in [-0.15, -0.1) is 11.8 Å². The lowest BCUT2D eigenvalue weighted by atomic mass is 10.0. The molecule has 144 valence electrons. The topological polar surface area (TPSA) is 78.5 Å². The van der Waals surface area contributed by atoms with E-state index >= 15 is 0 Å². The Hall–Kier alpha value is -1.09. The number of carbonyl (C=O) groups is 1. The summed E-state index contributed by atoms with van der Waals surface area (Å²) in [6.45, 7) is 5.83. The number of thioether (sulfide) groups is 1. The lowest BCUT2D eigenvalue weighted by Crippen LogP contribution is -2.36. The highest BCUT2D eigenvalue weighted by molar-refractivity contribution is 7.99. The van der Waals surface area contributed by atoms with E-state index in [1.165, 1.54) is 12.8 Å². The molecule has 1 atom stereocenters. The van der Waals surface area contributed by atoms with Crippen LogP contribution in [0.2, 0.25) is 0 Å². The van der Waals surface area contributed by atoms with Crippen LogP contribution in [0.25, 0.3) is 0 Å². The zero-order valence-electron chi connectivity index (χ0n) is 15.2. The fourth-order valence-electron chi connectivity index (χ4n) is 3.45. The highest BCUT2D eigenvalue weighted by atomic mass is 32.2. The number of fused-ring (bicyclic) bond motifs is 1. The van der Waals surface area contributed by atoms with E-state index < -0.39 is 10.0 Å². The molecule has 6 nitrogen and oxygen atoms in total. The van der Waals surface area contributed by atoms with Crippen LogP contribution in [-0.2, 0) is 14.8 Å². The van der Waals surface area contributed by atoms with Crippen molar-refractivity contribution in [3.05, 3.63) is 18.2 Å². The Labute approximate surface area is 160 Å². The number of hydrogen-bond acceptors (Lipinski definition) is 5. The van der Waals surface area contributed by atoms with Crippen molar-refractivity contribution in [1.29, 1.82) is 0 Å². The minimum absolute atomic E-state index is 0.0745. The largest absolute Gasteiger partial charge is 0.325 e. The molecule has 26 heavy (non-hydrogen) atoms.